The van der Waals surface area contributed by atoms with Gasteiger partial charge in [-0.05, 0) is 63.2 Å². The number of rotatable bonds is 7. The lowest BCUT2D eigenvalue weighted by Crippen LogP contribution is -2.11. The van der Waals surface area contributed by atoms with Crippen LogP contribution >= 0.6 is 10.6 Å². The number of hydrogen-bond acceptors (Lipinski definition) is 9. The predicted molar refractivity (Wildman–Crippen MR) is 134 cm³/mol. The van der Waals surface area contributed by atoms with Crippen molar-refractivity contribution in [3.63, 3.8) is 0 Å². The number of benzene rings is 2. The monoisotopic (exact) mass is 480 g/mol. The van der Waals surface area contributed by atoms with E-state index in [9.17, 15) is 9.11 Å². The van der Waals surface area contributed by atoms with Crippen LogP contribution in [0.15, 0.2) is 58.0 Å². The van der Waals surface area contributed by atoms with Crippen LogP contribution in [-0.4, -0.2) is 41.6 Å². The van der Waals surface area contributed by atoms with Gasteiger partial charge in [-0.2, -0.15) is 10.6 Å². The maximum absolute atomic E-state index is 10.5. The Morgan fingerprint density at radius 2 is 1.71 bits per heavy atom. The van der Waals surface area contributed by atoms with Crippen molar-refractivity contribution in [1.82, 2.24) is 25.5 Å². The van der Waals surface area contributed by atoms with E-state index >= 15 is 0 Å². The van der Waals surface area contributed by atoms with Crippen LogP contribution in [0.4, 0.5) is 5.82 Å². The highest BCUT2D eigenvalue weighted by Crippen LogP contribution is 2.53. The van der Waals surface area contributed by atoms with E-state index < -0.39 is 10.6 Å². The Morgan fingerprint density at radius 1 is 1.03 bits per heavy atom. The van der Waals surface area contributed by atoms with Crippen molar-refractivity contribution in [3.05, 3.63) is 59.8 Å². The summed E-state index contributed by atoms with van der Waals surface area (Å²) < 4.78 is 26.9. The highest BCUT2D eigenvalue weighted by atomic mass is 32.3. The molecule has 0 aliphatic rings. The van der Waals surface area contributed by atoms with E-state index in [1.165, 1.54) is 0 Å². The number of nitrogen functional groups attached to an aromatic ring is 1. The van der Waals surface area contributed by atoms with Gasteiger partial charge in [0.25, 0.3) is 5.89 Å². The molecule has 4 aromatic rings. The van der Waals surface area contributed by atoms with Gasteiger partial charge < -0.3 is 15.5 Å². The van der Waals surface area contributed by atoms with Gasteiger partial charge in [-0.1, -0.05) is 18.2 Å². The molecule has 2 aromatic carbocycles. The topological polar surface area (TPSA) is 143 Å². The van der Waals surface area contributed by atoms with E-state index in [1.54, 1.807) is 32.2 Å². The summed E-state index contributed by atoms with van der Waals surface area (Å²) in [7, 11) is -0.992. The first-order chi connectivity index (χ1) is 16.2. The fourth-order valence-electron chi connectivity index (χ4n) is 3.50. The first-order valence-corrected chi connectivity index (χ1v) is 12.4. The van der Waals surface area contributed by atoms with Crippen molar-refractivity contribution in [1.29, 1.82) is 0 Å². The van der Waals surface area contributed by atoms with Crippen molar-refractivity contribution in [3.8, 4) is 34.3 Å². The van der Waals surface area contributed by atoms with E-state index in [0.717, 1.165) is 28.8 Å². The van der Waals surface area contributed by atoms with Gasteiger partial charge in [0, 0.05) is 22.9 Å². The Kier molecular flexibility index (Phi) is 6.67. The molecule has 0 saturated heterocycles. The van der Waals surface area contributed by atoms with Gasteiger partial charge in [0.15, 0.2) is 11.5 Å². The van der Waals surface area contributed by atoms with Crippen molar-refractivity contribution >= 4 is 16.4 Å². The summed E-state index contributed by atoms with van der Waals surface area (Å²) in [6.07, 6.45) is 1.56. The molecule has 0 aliphatic heterocycles. The van der Waals surface area contributed by atoms with Crippen LogP contribution in [0.2, 0.25) is 0 Å². The molecule has 0 radical (unpaired) electrons. The molecule has 0 aliphatic carbocycles. The first kappa shape index (κ1) is 23.8. The second-order valence-corrected chi connectivity index (χ2v) is 10.8. The molecule has 0 unspecified atom stereocenters. The standard InChI is InChI=1S/C24H28N6O3S/c1-14(2)34(31,32)20-10-9-18(11-15(20)3)19-13-27-22(25)21(28-19)24-30-29-23(33-24)17-7-5-16(6-8-17)12-26-4/h5-11,13-14,26,31-32H,12H2,1-4H3,(H2,25,27). The summed E-state index contributed by atoms with van der Waals surface area (Å²) in [6.45, 7) is 6.18. The molecular weight excluding hydrogens is 452 g/mol. The van der Waals surface area contributed by atoms with E-state index in [4.69, 9.17) is 10.2 Å². The second kappa shape index (κ2) is 9.51. The lowest BCUT2D eigenvalue weighted by molar-refractivity contribution is 0.476. The third-order valence-electron chi connectivity index (χ3n) is 5.46. The summed E-state index contributed by atoms with van der Waals surface area (Å²) >= 11 is 0. The molecule has 178 valence electrons. The third-order valence-corrected chi connectivity index (χ3v) is 7.88. The van der Waals surface area contributed by atoms with Gasteiger partial charge in [0.05, 0.1) is 16.8 Å². The molecule has 0 fully saturated rings. The molecular formula is C24H28N6O3S. The zero-order valence-corrected chi connectivity index (χ0v) is 20.3. The fraction of sp³-hybridized carbons (Fsp3) is 0.250. The average molecular weight is 481 g/mol. The van der Waals surface area contributed by atoms with Crippen molar-refractivity contribution < 1.29 is 13.5 Å². The Bertz CT molecular complexity index is 1300. The number of nitrogens with zero attached hydrogens (tertiary/aromatic N) is 4. The van der Waals surface area contributed by atoms with Gasteiger partial charge in [-0.25, -0.2) is 9.97 Å². The number of hydrogen-bond donors (Lipinski definition) is 4. The number of aromatic nitrogens is 4. The zero-order chi connectivity index (χ0) is 24.5. The number of anilines is 1. The minimum atomic E-state index is -2.89. The van der Waals surface area contributed by atoms with E-state index in [1.807, 2.05) is 44.3 Å². The largest absolute Gasteiger partial charge is 0.414 e. The zero-order valence-electron chi connectivity index (χ0n) is 19.5. The normalized spacial score (nSPS) is 12.3. The van der Waals surface area contributed by atoms with Gasteiger partial charge in [0.1, 0.15) is 0 Å². The molecule has 0 amide bonds. The smallest absolute Gasteiger partial charge is 0.270 e. The van der Waals surface area contributed by atoms with Crippen molar-refractivity contribution in [2.45, 2.75) is 37.5 Å². The molecule has 2 heterocycles. The minimum absolute atomic E-state index is 0.170. The van der Waals surface area contributed by atoms with Crippen LogP contribution < -0.4 is 11.1 Å². The third kappa shape index (κ3) is 4.66. The quantitative estimate of drug-likeness (QED) is 0.287. The number of nitrogens with two attached hydrogens (primary N) is 1. The molecule has 0 spiro atoms. The van der Waals surface area contributed by atoms with E-state index in [2.05, 4.69) is 25.5 Å². The van der Waals surface area contributed by atoms with Crippen LogP contribution in [0.5, 0.6) is 0 Å². The summed E-state index contributed by atoms with van der Waals surface area (Å²) in [5.41, 5.74) is 10.4. The maximum atomic E-state index is 10.5. The lowest BCUT2D eigenvalue weighted by atomic mass is 10.1. The molecule has 0 bridgehead atoms. The molecule has 4 rings (SSSR count). The predicted octanol–water partition coefficient (Wildman–Crippen LogP) is 4.99. The highest BCUT2D eigenvalue weighted by molar-refractivity contribution is 8.24. The summed E-state index contributed by atoms with van der Waals surface area (Å²) in [4.78, 5) is 9.40. The molecule has 34 heavy (non-hydrogen) atoms. The molecule has 0 saturated carbocycles. The maximum Gasteiger partial charge on any atom is 0.270 e. The molecule has 0 atom stereocenters. The van der Waals surface area contributed by atoms with Crippen molar-refractivity contribution in [2.75, 3.05) is 12.8 Å². The molecule has 5 N–H and O–H groups in total. The Morgan fingerprint density at radius 3 is 2.35 bits per heavy atom. The minimum Gasteiger partial charge on any atom is -0.414 e. The Balaban J connectivity index is 1.65. The lowest BCUT2D eigenvalue weighted by Gasteiger charge is -2.37. The summed E-state index contributed by atoms with van der Waals surface area (Å²) in [6, 6.07) is 13.2. The molecule has 9 nitrogen and oxygen atoms in total. The van der Waals surface area contributed by atoms with Crippen LogP contribution in [0, 0.1) is 6.92 Å². The van der Waals surface area contributed by atoms with Crippen molar-refractivity contribution in [2.24, 2.45) is 0 Å². The SMILES string of the molecule is CNCc1ccc(-c2nnc(-c3nc(-c4ccc(S(O)(O)C(C)C)c(C)c4)cnc3N)o2)cc1. The second-order valence-electron chi connectivity index (χ2n) is 8.25. The molecule has 2 aromatic heterocycles. The van der Waals surface area contributed by atoms with Crippen LogP contribution in [-0.2, 0) is 6.54 Å². The summed E-state index contributed by atoms with van der Waals surface area (Å²) in [5.74, 6) is 0.700. The fourth-order valence-corrected chi connectivity index (χ4v) is 4.81. The summed E-state index contributed by atoms with van der Waals surface area (Å²) in [5, 5.41) is 11.1. The van der Waals surface area contributed by atoms with Crippen LogP contribution in [0.25, 0.3) is 34.3 Å². The van der Waals surface area contributed by atoms with Crippen LogP contribution in [0.3, 0.4) is 0 Å². The Labute approximate surface area is 199 Å². The number of nitrogens with one attached hydrogen (secondary N) is 1. The average Bonchev–Trinajstić information content (AvgIpc) is 3.30. The van der Waals surface area contributed by atoms with E-state index in [-0.39, 0.29) is 22.7 Å². The van der Waals surface area contributed by atoms with Gasteiger partial charge >= 0.3 is 0 Å². The van der Waals surface area contributed by atoms with Crippen LogP contribution in [0.1, 0.15) is 25.0 Å². The highest BCUT2D eigenvalue weighted by Gasteiger charge is 2.23. The van der Waals surface area contributed by atoms with Gasteiger partial charge in [-0.15, -0.1) is 10.2 Å². The number of aryl methyl sites for hydroxylation is 1. The van der Waals surface area contributed by atoms with Gasteiger partial charge in [-0.3, -0.25) is 9.11 Å². The molecule has 10 heteroatoms. The Hall–Kier alpha value is -3.31. The van der Waals surface area contributed by atoms with Gasteiger partial charge in [0.2, 0.25) is 5.89 Å². The first-order valence-electron chi connectivity index (χ1n) is 10.8. The van der Waals surface area contributed by atoms with E-state index in [0.29, 0.717) is 16.5 Å².